The first-order valence-electron chi connectivity index (χ1n) is 8.67. The fourth-order valence-corrected chi connectivity index (χ4v) is 3.05. The van der Waals surface area contributed by atoms with Crippen LogP contribution in [0.5, 0.6) is 5.75 Å². The minimum absolute atomic E-state index is 0.0275. The van der Waals surface area contributed by atoms with Gasteiger partial charge in [-0.1, -0.05) is 26.0 Å². The fraction of sp³-hybridized carbons (Fsp3) is 0.632. The normalized spacial score (nSPS) is 22.7. The molecule has 1 aliphatic heterocycles. The maximum Gasteiger partial charge on any atom is 0.260 e. The number of amides is 1. The van der Waals surface area contributed by atoms with Crippen LogP contribution in [0.3, 0.4) is 0 Å². The summed E-state index contributed by atoms with van der Waals surface area (Å²) in [5.74, 6) is 1.16. The van der Waals surface area contributed by atoms with Gasteiger partial charge in [0.2, 0.25) is 0 Å². The first-order chi connectivity index (χ1) is 10.9. The van der Waals surface area contributed by atoms with Crippen LogP contribution in [-0.2, 0) is 4.79 Å². The van der Waals surface area contributed by atoms with E-state index < -0.39 is 6.10 Å². The molecule has 4 heteroatoms. The van der Waals surface area contributed by atoms with E-state index in [4.69, 9.17) is 4.74 Å². The molecule has 0 aromatic heterocycles. The molecule has 0 spiro atoms. The summed E-state index contributed by atoms with van der Waals surface area (Å²) in [4.78, 5) is 12.4. The van der Waals surface area contributed by atoms with Crippen molar-refractivity contribution >= 4 is 5.91 Å². The quantitative estimate of drug-likeness (QED) is 0.877. The molecule has 0 bridgehead atoms. The fourth-order valence-electron chi connectivity index (χ4n) is 3.05. The molecule has 0 radical (unpaired) electrons. The molecule has 1 heterocycles. The van der Waals surface area contributed by atoms with Gasteiger partial charge >= 0.3 is 0 Å². The van der Waals surface area contributed by atoms with Crippen LogP contribution in [0.25, 0.3) is 0 Å². The SMILES string of the molecule is Cc1ccc(C(C)C)c(OC(C)C(=O)NC2CCNC(C)C2)c1. The van der Waals surface area contributed by atoms with E-state index in [1.807, 2.05) is 19.9 Å². The van der Waals surface area contributed by atoms with Crippen molar-refractivity contribution in [3.05, 3.63) is 29.3 Å². The second-order valence-corrected chi connectivity index (χ2v) is 7.04. The molecule has 1 amide bonds. The van der Waals surface area contributed by atoms with E-state index in [1.54, 1.807) is 0 Å². The van der Waals surface area contributed by atoms with E-state index in [0.29, 0.717) is 12.0 Å². The number of nitrogens with one attached hydrogen (secondary N) is 2. The molecule has 3 unspecified atom stereocenters. The van der Waals surface area contributed by atoms with Crippen LogP contribution in [0, 0.1) is 6.92 Å². The van der Waals surface area contributed by atoms with Gasteiger partial charge in [0, 0.05) is 12.1 Å². The van der Waals surface area contributed by atoms with Gasteiger partial charge in [-0.3, -0.25) is 4.79 Å². The zero-order valence-corrected chi connectivity index (χ0v) is 15.0. The third-order valence-electron chi connectivity index (χ3n) is 4.43. The highest BCUT2D eigenvalue weighted by atomic mass is 16.5. The Morgan fingerprint density at radius 2 is 2.09 bits per heavy atom. The summed E-state index contributed by atoms with van der Waals surface area (Å²) in [7, 11) is 0. The van der Waals surface area contributed by atoms with Crippen molar-refractivity contribution in [1.29, 1.82) is 0 Å². The number of benzene rings is 1. The first kappa shape index (κ1) is 17.8. The molecular weight excluding hydrogens is 288 g/mol. The maximum atomic E-state index is 12.4. The number of hydrogen-bond acceptors (Lipinski definition) is 3. The van der Waals surface area contributed by atoms with Crippen molar-refractivity contribution in [3.8, 4) is 5.75 Å². The Hall–Kier alpha value is -1.55. The molecule has 0 saturated carbocycles. The summed E-state index contributed by atoms with van der Waals surface area (Å²) in [6, 6.07) is 6.89. The van der Waals surface area contributed by atoms with Crippen molar-refractivity contribution in [2.75, 3.05) is 6.54 Å². The minimum atomic E-state index is -0.487. The lowest BCUT2D eigenvalue weighted by Crippen LogP contribution is -2.49. The number of rotatable bonds is 5. The molecule has 1 aromatic carbocycles. The van der Waals surface area contributed by atoms with Crippen LogP contribution in [0.1, 0.15) is 57.6 Å². The summed E-state index contributed by atoms with van der Waals surface area (Å²) in [6.45, 7) is 11.2. The van der Waals surface area contributed by atoms with Gasteiger partial charge < -0.3 is 15.4 Å². The number of carbonyl (C=O) groups is 1. The van der Waals surface area contributed by atoms with Gasteiger partial charge in [0.05, 0.1) is 0 Å². The molecule has 1 fully saturated rings. The van der Waals surface area contributed by atoms with Crippen molar-refractivity contribution in [2.24, 2.45) is 0 Å². The van der Waals surface area contributed by atoms with E-state index in [0.717, 1.165) is 36.3 Å². The lowest BCUT2D eigenvalue weighted by atomic mass is 10.00. The Kier molecular flexibility index (Phi) is 6.05. The Bertz CT molecular complexity index is 542. The van der Waals surface area contributed by atoms with Crippen LogP contribution in [0.2, 0.25) is 0 Å². The number of piperidine rings is 1. The van der Waals surface area contributed by atoms with E-state index in [-0.39, 0.29) is 11.9 Å². The number of ether oxygens (including phenoxy) is 1. The highest BCUT2D eigenvalue weighted by molar-refractivity contribution is 5.81. The third kappa shape index (κ3) is 4.96. The van der Waals surface area contributed by atoms with Crippen LogP contribution in [0.4, 0.5) is 0 Å². The zero-order chi connectivity index (χ0) is 17.0. The average molecular weight is 318 g/mol. The molecule has 1 aromatic rings. The molecule has 1 saturated heterocycles. The summed E-state index contributed by atoms with van der Waals surface area (Å²) >= 11 is 0. The molecule has 0 aliphatic carbocycles. The van der Waals surface area contributed by atoms with Gasteiger partial charge in [-0.15, -0.1) is 0 Å². The van der Waals surface area contributed by atoms with Crippen LogP contribution in [-0.4, -0.2) is 30.6 Å². The Labute approximate surface area is 140 Å². The molecule has 2 rings (SSSR count). The highest BCUT2D eigenvalue weighted by Crippen LogP contribution is 2.28. The van der Waals surface area contributed by atoms with Crippen molar-refractivity contribution < 1.29 is 9.53 Å². The number of hydrogen-bond donors (Lipinski definition) is 2. The topological polar surface area (TPSA) is 50.4 Å². The highest BCUT2D eigenvalue weighted by Gasteiger charge is 2.24. The van der Waals surface area contributed by atoms with E-state index in [1.165, 1.54) is 0 Å². The Morgan fingerprint density at radius 1 is 1.35 bits per heavy atom. The number of carbonyl (C=O) groups excluding carboxylic acids is 1. The maximum absolute atomic E-state index is 12.4. The van der Waals surface area contributed by atoms with Gasteiger partial charge in [0.1, 0.15) is 5.75 Å². The van der Waals surface area contributed by atoms with Gasteiger partial charge in [-0.05, 0) is 63.3 Å². The minimum Gasteiger partial charge on any atom is -0.481 e. The summed E-state index contributed by atoms with van der Waals surface area (Å²) in [6.07, 6.45) is 1.46. The predicted octanol–water partition coefficient (Wildman–Crippen LogP) is 3.14. The monoisotopic (exact) mass is 318 g/mol. The lowest BCUT2D eigenvalue weighted by molar-refractivity contribution is -0.128. The van der Waals surface area contributed by atoms with Gasteiger partial charge in [-0.2, -0.15) is 0 Å². The molecule has 2 N–H and O–H groups in total. The van der Waals surface area contributed by atoms with Crippen LogP contribution >= 0.6 is 0 Å². The third-order valence-corrected chi connectivity index (χ3v) is 4.43. The zero-order valence-electron chi connectivity index (χ0n) is 15.0. The summed E-state index contributed by atoms with van der Waals surface area (Å²) < 4.78 is 5.99. The Morgan fingerprint density at radius 3 is 2.74 bits per heavy atom. The summed E-state index contributed by atoms with van der Waals surface area (Å²) in [5.41, 5.74) is 2.29. The standard InChI is InChI=1S/C19H30N2O2/c1-12(2)17-7-6-13(3)10-18(17)23-15(5)19(22)21-16-8-9-20-14(4)11-16/h6-7,10,12,14-16,20H,8-9,11H2,1-5H3,(H,21,22). The first-order valence-corrected chi connectivity index (χ1v) is 8.67. The van der Waals surface area contributed by atoms with Crippen molar-refractivity contribution in [2.45, 2.75) is 71.6 Å². The predicted molar refractivity (Wildman–Crippen MR) is 94.0 cm³/mol. The molecular formula is C19H30N2O2. The van der Waals surface area contributed by atoms with Crippen molar-refractivity contribution in [3.63, 3.8) is 0 Å². The van der Waals surface area contributed by atoms with E-state index >= 15 is 0 Å². The molecule has 1 aliphatic rings. The van der Waals surface area contributed by atoms with E-state index in [2.05, 4.69) is 43.5 Å². The van der Waals surface area contributed by atoms with Crippen LogP contribution in [0.15, 0.2) is 18.2 Å². The smallest absolute Gasteiger partial charge is 0.260 e. The largest absolute Gasteiger partial charge is 0.481 e. The van der Waals surface area contributed by atoms with Gasteiger partial charge in [0.25, 0.3) is 5.91 Å². The summed E-state index contributed by atoms with van der Waals surface area (Å²) in [5, 5.41) is 6.53. The molecule has 3 atom stereocenters. The van der Waals surface area contributed by atoms with Gasteiger partial charge in [-0.25, -0.2) is 0 Å². The second kappa shape index (κ2) is 7.82. The van der Waals surface area contributed by atoms with Crippen LogP contribution < -0.4 is 15.4 Å². The molecule has 4 nitrogen and oxygen atoms in total. The van der Waals surface area contributed by atoms with E-state index in [9.17, 15) is 4.79 Å². The average Bonchev–Trinajstić information content (AvgIpc) is 2.46. The molecule has 23 heavy (non-hydrogen) atoms. The Balaban J connectivity index is 1.99. The van der Waals surface area contributed by atoms with Crippen molar-refractivity contribution in [1.82, 2.24) is 10.6 Å². The van der Waals surface area contributed by atoms with Gasteiger partial charge in [0.15, 0.2) is 6.10 Å². The lowest BCUT2D eigenvalue weighted by Gasteiger charge is -2.29. The molecule has 128 valence electrons. The number of aryl methyl sites for hydroxylation is 1. The second-order valence-electron chi connectivity index (χ2n) is 7.04.